The van der Waals surface area contributed by atoms with E-state index in [0.717, 1.165) is 16.5 Å². The molecule has 4 nitrogen and oxygen atoms in total. The van der Waals surface area contributed by atoms with Gasteiger partial charge in [-0.2, -0.15) is 0 Å². The number of hydrogen-bond donors (Lipinski definition) is 3. The largest absolute Gasteiger partial charge is 0.361 e. The van der Waals surface area contributed by atoms with Crippen molar-refractivity contribution in [2.75, 3.05) is 0 Å². The predicted octanol–water partition coefficient (Wildman–Crippen LogP) is 1.69. The Labute approximate surface area is 86.2 Å². The number of fused-ring (bicyclic) bond motifs is 1. The molecule has 0 aliphatic rings. The quantitative estimate of drug-likeness (QED) is 0.394. The zero-order valence-corrected chi connectivity index (χ0v) is 7.90. The SMILES string of the molecule is O=C(C=Cc1cccc2[nH]ccc12)NO. The van der Waals surface area contributed by atoms with E-state index in [1.54, 1.807) is 11.6 Å². The zero-order valence-electron chi connectivity index (χ0n) is 7.90. The zero-order chi connectivity index (χ0) is 10.7. The fraction of sp³-hybridized carbons (Fsp3) is 0. The Balaban J connectivity index is 2.39. The van der Waals surface area contributed by atoms with Gasteiger partial charge in [-0.15, -0.1) is 0 Å². The molecule has 0 saturated heterocycles. The molecule has 4 heteroatoms. The van der Waals surface area contributed by atoms with Crippen molar-refractivity contribution < 1.29 is 10.0 Å². The van der Waals surface area contributed by atoms with Crippen molar-refractivity contribution >= 4 is 22.9 Å². The summed E-state index contributed by atoms with van der Waals surface area (Å²) in [7, 11) is 0. The standard InChI is InChI=1S/C11H10N2O2/c14-11(13-15)5-4-8-2-1-3-10-9(8)6-7-12-10/h1-7,12,15H,(H,13,14). The van der Waals surface area contributed by atoms with Crippen LogP contribution in [0.3, 0.4) is 0 Å². The van der Waals surface area contributed by atoms with E-state index in [4.69, 9.17) is 5.21 Å². The van der Waals surface area contributed by atoms with Crippen molar-refractivity contribution in [2.45, 2.75) is 0 Å². The van der Waals surface area contributed by atoms with Gasteiger partial charge in [0.2, 0.25) is 0 Å². The smallest absolute Gasteiger partial charge is 0.267 e. The van der Waals surface area contributed by atoms with Gasteiger partial charge < -0.3 is 4.98 Å². The summed E-state index contributed by atoms with van der Waals surface area (Å²) < 4.78 is 0. The summed E-state index contributed by atoms with van der Waals surface area (Å²) in [5, 5.41) is 9.37. The molecule has 0 fully saturated rings. The topological polar surface area (TPSA) is 65.1 Å². The lowest BCUT2D eigenvalue weighted by Crippen LogP contribution is -2.14. The van der Waals surface area contributed by atoms with Crippen LogP contribution in [-0.2, 0) is 4.79 Å². The summed E-state index contributed by atoms with van der Waals surface area (Å²) >= 11 is 0. The predicted molar refractivity (Wildman–Crippen MR) is 57.3 cm³/mol. The highest BCUT2D eigenvalue weighted by Gasteiger charge is 1.98. The van der Waals surface area contributed by atoms with E-state index in [0.29, 0.717) is 0 Å². The minimum absolute atomic E-state index is 0.539. The number of H-pyrrole nitrogens is 1. The van der Waals surface area contributed by atoms with Crippen LogP contribution in [0.15, 0.2) is 36.5 Å². The number of hydroxylamine groups is 1. The van der Waals surface area contributed by atoms with Crippen LogP contribution < -0.4 is 5.48 Å². The maximum absolute atomic E-state index is 10.8. The monoisotopic (exact) mass is 202 g/mol. The summed E-state index contributed by atoms with van der Waals surface area (Å²) in [5.41, 5.74) is 3.49. The van der Waals surface area contributed by atoms with Crippen LogP contribution in [0.4, 0.5) is 0 Å². The van der Waals surface area contributed by atoms with Gasteiger partial charge >= 0.3 is 0 Å². The van der Waals surface area contributed by atoms with Gasteiger partial charge in [-0.05, 0) is 23.8 Å². The van der Waals surface area contributed by atoms with Crippen LogP contribution >= 0.6 is 0 Å². The number of benzene rings is 1. The first-order valence-electron chi connectivity index (χ1n) is 4.49. The molecule has 2 rings (SSSR count). The third-order valence-corrected chi connectivity index (χ3v) is 2.15. The van der Waals surface area contributed by atoms with Crippen molar-refractivity contribution in [3.8, 4) is 0 Å². The van der Waals surface area contributed by atoms with Gasteiger partial charge in [0.05, 0.1) is 0 Å². The second-order valence-electron chi connectivity index (χ2n) is 3.10. The van der Waals surface area contributed by atoms with Crippen molar-refractivity contribution in [3.63, 3.8) is 0 Å². The molecule has 0 aliphatic carbocycles. The lowest BCUT2D eigenvalue weighted by molar-refractivity contribution is -0.124. The second-order valence-corrected chi connectivity index (χ2v) is 3.10. The minimum atomic E-state index is -0.539. The van der Waals surface area contributed by atoms with E-state index in [9.17, 15) is 4.79 Å². The third-order valence-electron chi connectivity index (χ3n) is 2.15. The highest BCUT2D eigenvalue weighted by atomic mass is 16.5. The molecule has 0 radical (unpaired) electrons. The molecule has 3 N–H and O–H groups in total. The maximum atomic E-state index is 10.8. The number of aromatic nitrogens is 1. The lowest BCUT2D eigenvalue weighted by Gasteiger charge is -1.96. The van der Waals surface area contributed by atoms with E-state index >= 15 is 0 Å². The Bertz CT molecular complexity index is 514. The fourth-order valence-electron chi connectivity index (χ4n) is 1.46. The molecule has 0 bridgehead atoms. The first-order valence-corrected chi connectivity index (χ1v) is 4.49. The molecule has 1 amide bonds. The summed E-state index contributed by atoms with van der Waals surface area (Å²) in [6.45, 7) is 0. The average molecular weight is 202 g/mol. The highest BCUT2D eigenvalue weighted by molar-refractivity contribution is 5.95. The molecule has 1 aromatic carbocycles. The van der Waals surface area contributed by atoms with Gasteiger partial charge in [-0.1, -0.05) is 12.1 Å². The van der Waals surface area contributed by atoms with Crippen LogP contribution in [-0.4, -0.2) is 16.1 Å². The summed E-state index contributed by atoms with van der Waals surface area (Å²) in [6.07, 6.45) is 4.78. The van der Waals surface area contributed by atoms with E-state index in [1.165, 1.54) is 6.08 Å². The molecule has 1 aromatic heterocycles. The van der Waals surface area contributed by atoms with Crippen LogP contribution in [0.25, 0.3) is 17.0 Å². The molecule has 2 aromatic rings. The average Bonchev–Trinajstić information content (AvgIpc) is 2.74. The van der Waals surface area contributed by atoms with E-state index < -0.39 is 5.91 Å². The Morgan fingerprint density at radius 3 is 3.07 bits per heavy atom. The van der Waals surface area contributed by atoms with Crippen LogP contribution in [0, 0.1) is 0 Å². The number of hydrogen-bond acceptors (Lipinski definition) is 2. The van der Waals surface area contributed by atoms with Crippen molar-refractivity contribution in [3.05, 3.63) is 42.1 Å². The fourth-order valence-corrected chi connectivity index (χ4v) is 1.46. The van der Waals surface area contributed by atoms with Gasteiger partial charge in [-0.3, -0.25) is 10.0 Å². The number of aromatic amines is 1. The van der Waals surface area contributed by atoms with Crippen LogP contribution in [0.1, 0.15) is 5.56 Å². The van der Waals surface area contributed by atoms with Gasteiger partial charge in [-0.25, -0.2) is 5.48 Å². The van der Waals surface area contributed by atoms with Crippen LogP contribution in [0.5, 0.6) is 0 Å². The first-order chi connectivity index (χ1) is 7.31. The Morgan fingerprint density at radius 2 is 2.27 bits per heavy atom. The van der Waals surface area contributed by atoms with Gasteiger partial charge in [0.1, 0.15) is 0 Å². The Hall–Kier alpha value is -2.07. The molecule has 0 unspecified atom stereocenters. The number of amides is 1. The van der Waals surface area contributed by atoms with Crippen molar-refractivity contribution in [2.24, 2.45) is 0 Å². The molecule has 76 valence electrons. The minimum Gasteiger partial charge on any atom is -0.361 e. The van der Waals surface area contributed by atoms with Crippen molar-refractivity contribution in [1.29, 1.82) is 0 Å². The molecule has 0 aliphatic heterocycles. The Morgan fingerprint density at radius 1 is 1.40 bits per heavy atom. The molecule has 1 heterocycles. The number of carbonyl (C=O) groups excluding carboxylic acids is 1. The summed E-state index contributed by atoms with van der Waals surface area (Å²) in [4.78, 5) is 13.9. The molecular weight excluding hydrogens is 192 g/mol. The number of rotatable bonds is 2. The molecular formula is C11H10N2O2. The van der Waals surface area contributed by atoms with Gasteiger partial charge in [0.15, 0.2) is 0 Å². The van der Waals surface area contributed by atoms with Gasteiger partial charge in [0, 0.05) is 23.2 Å². The highest BCUT2D eigenvalue weighted by Crippen LogP contribution is 2.18. The maximum Gasteiger partial charge on any atom is 0.267 e. The molecule has 0 atom stereocenters. The first kappa shape index (κ1) is 9.48. The van der Waals surface area contributed by atoms with E-state index in [1.807, 2.05) is 30.5 Å². The number of carbonyl (C=O) groups is 1. The number of nitrogens with one attached hydrogen (secondary N) is 2. The van der Waals surface area contributed by atoms with E-state index in [-0.39, 0.29) is 0 Å². The lowest BCUT2D eigenvalue weighted by atomic mass is 10.1. The molecule has 0 spiro atoms. The van der Waals surface area contributed by atoms with Gasteiger partial charge in [0.25, 0.3) is 5.91 Å². The normalized spacial score (nSPS) is 11.0. The molecule has 0 saturated carbocycles. The third kappa shape index (κ3) is 1.89. The Kier molecular flexibility index (Phi) is 2.51. The van der Waals surface area contributed by atoms with E-state index in [2.05, 4.69) is 4.98 Å². The summed E-state index contributed by atoms with van der Waals surface area (Å²) in [5.74, 6) is -0.539. The molecule has 15 heavy (non-hydrogen) atoms. The van der Waals surface area contributed by atoms with Crippen LogP contribution in [0.2, 0.25) is 0 Å². The second kappa shape index (κ2) is 3.98. The van der Waals surface area contributed by atoms with Crippen molar-refractivity contribution in [1.82, 2.24) is 10.5 Å². The summed E-state index contributed by atoms with van der Waals surface area (Å²) in [6, 6.07) is 7.69.